The highest BCUT2D eigenvalue weighted by Crippen LogP contribution is 2.24. The number of hydrogen-bond acceptors (Lipinski definition) is 6. The van der Waals surface area contributed by atoms with Crippen LogP contribution in [0.25, 0.3) is 0 Å². The number of anilines is 4. The third kappa shape index (κ3) is 5.67. The van der Waals surface area contributed by atoms with Gasteiger partial charge < -0.3 is 26.0 Å². The molecule has 1 aromatic carbocycles. The van der Waals surface area contributed by atoms with Crippen molar-refractivity contribution in [1.29, 1.82) is 0 Å². The van der Waals surface area contributed by atoms with Gasteiger partial charge in [-0.15, -0.1) is 0 Å². The first-order valence-electron chi connectivity index (χ1n) is 9.02. The van der Waals surface area contributed by atoms with Crippen LogP contribution in [0.3, 0.4) is 0 Å². The Morgan fingerprint density at radius 3 is 2.55 bits per heavy atom. The summed E-state index contributed by atoms with van der Waals surface area (Å²) in [6.45, 7) is 5.09. The van der Waals surface area contributed by atoms with Gasteiger partial charge in [0.15, 0.2) is 22.6 Å². The third-order valence-electron chi connectivity index (χ3n) is 3.97. The van der Waals surface area contributed by atoms with Crippen LogP contribution in [0.1, 0.15) is 20.3 Å². The fourth-order valence-electron chi connectivity index (χ4n) is 2.68. The van der Waals surface area contributed by atoms with Crippen molar-refractivity contribution >= 4 is 40.5 Å². The molecule has 1 fully saturated rings. The van der Waals surface area contributed by atoms with Crippen molar-refractivity contribution in [2.75, 3.05) is 34.5 Å². The zero-order valence-corrected chi connectivity index (χ0v) is 16.7. The minimum Gasteiger partial charge on any atom is -0.379 e. The molecule has 29 heavy (non-hydrogen) atoms. The maximum Gasteiger partial charge on any atom is 0.224 e. The van der Waals surface area contributed by atoms with Gasteiger partial charge in [-0.3, -0.25) is 0 Å². The van der Waals surface area contributed by atoms with E-state index in [1.165, 1.54) is 6.20 Å². The highest BCUT2D eigenvalue weighted by Gasteiger charge is 2.19. The van der Waals surface area contributed by atoms with Crippen molar-refractivity contribution in [2.24, 2.45) is 0 Å². The Bertz CT molecular complexity index is 869. The van der Waals surface area contributed by atoms with Gasteiger partial charge in [0.25, 0.3) is 0 Å². The van der Waals surface area contributed by atoms with Gasteiger partial charge >= 0.3 is 0 Å². The fourth-order valence-corrected chi connectivity index (χ4v) is 2.89. The Morgan fingerprint density at radius 2 is 1.93 bits per heavy atom. The van der Waals surface area contributed by atoms with E-state index in [-0.39, 0.29) is 17.2 Å². The summed E-state index contributed by atoms with van der Waals surface area (Å²) in [5, 5.41) is 11.5. The van der Waals surface area contributed by atoms with Gasteiger partial charge in [0.1, 0.15) is 17.2 Å². The lowest BCUT2D eigenvalue weighted by Gasteiger charge is -2.18. The minimum atomic E-state index is -1.10. The molecule has 4 N–H and O–H groups in total. The summed E-state index contributed by atoms with van der Waals surface area (Å²) in [5.74, 6) is -2.33. The van der Waals surface area contributed by atoms with Crippen LogP contribution in [0, 0.1) is 17.5 Å². The molecule has 1 aliphatic heterocycles. The summed E-state index contributed by atoms with van der Waals surface area (Å²) in [5.41, 5.74) is -0.145. The van der Waals surface area contributed by atoms with E-state index in [4.69, 9.17) is 17.0 Å². The van der Waals surface area contributed by atoms with Crippen LogP contribution in [-0.4, -0.2) is 40.4 Å². The Balaban J connectivity index is 1.78. The van der Waals surface area contributed by atoms with E-state index in [9.17, 15) is 13.2 Å². The lowest BCUT2D eigenvalue weighted by atomic mass is 10.2. The Hall–Kier alpha value is -2.66. The van der Waals surface area contributed by atoms with Crippen LogP contribution in [0.2, 0.25) is 0 Å². The Labute approximate surface area is 171 Å². The van der Waals surface area contributed by atoms with E-state index in [0.717, 1.165) is 6.42 Å². The zero-order valence-electron chi connectivity index (χ0n) is 15.9. The maximum absolute atomic E-state index is 13.8. The number of hydrogen-bond donors (Lipinski definition) is 4. The molecule has 0 saturated carbocycles. The van der Waals surface area contributed by atoms with Crippen molar-refractivity contribution in [2.45, 2.75) is 32.4 Å². The van der Waals surface area contributed by atoms with Crippen LogP contribution < -0.4 is 21.3 Å². The molecule has 2 heterocycles. The first kappa shape index (κ1) is 21.1. The monoisotopic (exact) mass is 426 g/mol. The van der Waals surface area contributed by atoms with Crippen LogP contribution in [0.15, 0.2) is 18.3 Å². The summed E-state index contributed by atoms with van der Waals surface area (Å²) >= 11 is 5.14. The smallest absolute Gasteiger partial charge is 0.224 e. The van der Waals surface area contributed by atoms with Gasteiger partial charge in [-0.2, -0.15) is 4.98 Å². The van der Waals surface area contributed by atoms with E-state index in [1.54, 1.807) is 0 Å². The molecule has 0 radical (unpaired) electrons. The minimum absolute atomic E-state index is 0.0610. The molecule has 0 aliphatic carbocycles. The van der Waals surface area contributed by atoms with Crippen molar-refractivity contribution in [3.05, 3.63) is 35.8 Å². The Morgan fingerprint density at radius 1 is 1.21 bits per heavy atom. The van der Waals surface area contributed by atoms with Gasteiger partial charge in [0, 0.05) is 24.8 Å². The Kier molecular flexibility index (Phi) is 6.70. The van der Waals surface area contributed by atoms with E-state index < -0.39 is 23.1 Å². The molecule has 3 rings (SSSR count). The number of ether oxygens (including phenoxy) is 1. The molecule has 0 amide bonds. The molecular weight excluding hydrogens is 405 g/mol. The molecule has 0 bridgehead atoms. The van der Waals surface area contributed by atoms with E-state index in [1.807, 2.05) is 13.8 Å². The van der Waals surface area contributed by atoms with Gasteiger partial charge in [-0.1, -0.05) is 0 Å². The first-order valence-corrected chi connectivity index (χ1v) is 9.43. The average Bonchev–Trinajstić information content (AvgIpc) is 3.13. The average molecular weight is 426 g/mol. The third-order valence-corrected chi connectivity index (χ3v) is 4.17. The largest absolute Gasteiger partial charge is 0.379 e. The lowest BCUT2D eigenvalue weighted by molar-refractivity contribution is 0.195. The van der Waals surface area contributed by atoms with Gasteiger partial charge in [-0.05, 0) is 32.5 Å². The first-order chi connectivity index (χ1) is 13.8. The molecule has 11 heteroatoms. The number of halogens is 3. The van der Waals surface area contributed by atoms with E-state index >= 15 is 0 Å². The predicted octanol–water partition coefficient (Wildman–Crippen LogP) is 3.72. The van der Waals surface area contributed by atoms with Crippen LogP contribution in [-0.2, 0) is 4.74 Å². The van der Waals surface area contributed by atoms with E-state index in [2.05, 4.69) is 31.2 Å². The molecule has 1 saturated heterocycles. The van der Waals surface area contributed by atoms with Crippen molar-refractivity contribution < 1.29 is 17.9 Å². The summed E-state index contributed by atoms with van der Waals surface area (Å²) in [6.07, 6.45) is 2.31. The van der Waals surface area contributed by atoms with Crippen LogP contribution >= 0.6 is 12.2 Å². The lowest BCUT2D eigenvalue weighted by Crippen LogP contribution is -2.25. The van der Waals surface area contributed by atoms with Gasteiger partial charge in [-0.25, -0.2) is 18.2 Å². The zero-order chi connectivity index (χ0) is 21.0. The number of benzene rings is 1. The highest BCUT2D eigenvalue weighted by molar-refractivity contribution is 7.80. The topological polar surface area (TPSA) is 83.1 Å². The standard InChI is InChI=1S/C18H21F3N6OS/c1-9(2)23-17-22-7-14(16(27-17)24-11-3-4-28-8-11)25-18(29)26-15-12(20)5-10(19)6-13(15)21/h5-7,9,11H,3-4,8H2,1-2H3,(H2,25,26,29)(H2,22,23,24,27)/t11-/m0/s1. The van der Waals surface area contributed by atoms with Crippen molar-refractivity contribution in [3.63, 3.8) is 0 Å². The van der Waals surface area contributed by atoms with Gasteiger partial charge in [0.2, 0.25) is 5.95 Å². The molecule has 0 spiro atoms. The summed E-state index contributed by atoms with van der Waals surface area (Å²) in [7, 11) is 0. The second-order valence-electron chi connectivity index (χ2n) is 6.78. The van der Waals surface area contributed by atoms with Gasteiger partial charge in [0.05, 0.1) is 18.8 Å². The number of rotatable bonds is 6. The second-order valence-corrected chi connectivity index (χ2v) is 7.19. The van der Waals surface area contributed by atoms with Crippen LogP contribution in [0.5, 0.6) is 0 Å². The number of aromatic nitrogens is 2. The fraction of sp³-hybridized carbons (Fsp3) is 0.389. The summed E-state index contributed by atoms with van der Waals surface area (Å²) < 4.78 is 46.1. The number of thiocarbonyl (C=S) groups is 1. The van der Waals surface area contributed by atoms with Crippen LogP contribution in [0.4, 0.5) is 36.3 Å². The molecule has 1 aromatic heterocycles. The maximum atomic E-state index is 13.8. The normalized spacial score (nSPS) is 16.0. The highest BCUT2D eigenvalue weighted by atomic mass is 32.1. The van der Waals surface area contributed by atoms with E-state index in [0.29, 0.717) is 42.8 Å². The molecule has 7 nitrogen and oxygen atoms in total. The molecular formula is C18H21F3N6OS. The SMILES string of the molecule is CC(C)Nc1ncc(NC(=S)Nc2c(F)cc(F)cc2F)c(N[C@H]2CCOC2)n1. The summed E-state index contributed by atoms with van der Waals surface area (Å²) in [4.78, 5) is 8.67. The molecule has 0 unspecified atom stereocenters. The number of nitrogens with zero attached hydrogens (tertiary/aromatic N) is 2. The second kappa shape index (κ2) is 9.23. The predicted molar refractivity (Wildman–Crippen MR) is 110 cm³/mol. The quantitative estimate of drug-likeness (QED) is 0.521. The molecule has 2 aromatic rings. The molecule has 1 atom stereocenters. The molecule has 1 aliphatic rings. The number of nitrogens with one attached hydrogen (secondary N) is 4. The molecule has 156 valence electrons. The van der Waals surface area contributed by atoms with Crippen molar-refractivity contribution in [3.8, 4) is 0 Å². The van der Waals surface area contributed by atoms with Crippen molar-refractivity contribution in [1.82, 2.24) is 9.97 Å². The summed E-state index contributed by atoms with van der Waals surface area (Å²) in [6, 6.07) is 1.32.